The van der Waals surface area contributed by atoms with Crippen LogP contribution in [0.2, 0.25) is 0 Å². The second kappa shape index (κ2) is 5.19. The van der Waals surface area contributed by atoms with Crippen molar-refractivity contribution in [1.82, 2.24) is 0 Å². The van der Waals surface area contributed by atoms with Gasteiger partial charge in [-0.2, -0.15) is 19.1 Å². The van der Waals surface area contributed by atoms with Gasteiger partial charge in [0.15, 0.2) is 0 Å². The highest BCUT2D eigenvalue weighted by molar-refractivity contribution is 5.36. The summed E-state index contributed by atoms with van der Waals surface area (Å²) >= 11 is 0. The summed E-state index contributed by atoms with van der Waals surface area (Å²) in [5.74, 6) is 6.21. The van der Waals surface area contributed by atoms with Gasteiger partial charge in [-0.25, -0.2) is 0 Å². The van der Waals surface area contributed by atoms with Gasteiger partial charge in [0.05, 0.1) is 5.56 Å². The molecule has 0 saturated carbocycles. The summed E-state index contributed by atoms with van der Waals surface area (Å²) in [5.41, 5.74) is -0.716. The maximum absolute atomic E-state index is 12.4. The molecule has 0 aliphatic carbocycles. The van der Waals surface area contributed by atoms with Crippen LogP contribution in [0.3, 0.4) is 0 Å². The zero-order valence-corrected chi connectivity index (χ0v) is 9.65. The van der Waals surface area contributed by atoms with E-state index in [1.807, 2.05) is 0 Å². The lowest BCUT2D eigenvalue weighted by atomic mass is 10.2. The first kappa shape index (κ1) is 13.2. The van der Waals surface area contributed by atoms with Gasteiger partial charge >= 0.3 is 6.18 Å². The fourth-order valence-corrected chi connectivity index (χ4v) is 1.43. The Labute approximate surface area is 107 Å². The first-order valence-corrected chi connectivity index (χ1v) is 5.31. The third-order valence-corrected chi connectivity index (χ3v) is 2.38. The van der Waals surface area contributed by atoms with Gasteiger partial charge in [-0.15, -0.1) is 0 Å². The molecule has 0 aromatic heterocycles. The van der Waals surface area contributed by atoms with Crippen molar-refractivity contribution in [3.63, 3.8) is 0 Å². The Morgan fingerprint density at radius 2 is 1.16 bits per heavy atom. The molecule has 0 heterocycles. The number of hydrogen-bond donors (Lipinski definition) is 1. The molecule has 2 N–H and O–H groups in total. The predicted octanol–water partition coefficient (Wildman–Crippen LogP) is 3.75. The van der Waals surface area contributed by atoms with E-state index in [2.05, 4.69) is 4.84 Å². The smallest absolute Gasteiger partial charge is 0.416 e. The lowest BCUT2D eigenvalue weighted by Gasteiger charge is -2.09. The average molecular weight is 269 g/mol. The van der Waals surface area contributed by atoms with Crippen LogP contribution in [0.25, 0.3) is 0 Å². The van der Waals surface area contributed by atoms with Crippen LogP contribution in [0.15, 0.2) is 48.5 Å². The summed E-state index contributed by atoms with van der Waals surface area (Å²) in [6.07, 6.45) is -4.35. The van der Waals surface area contributed by atoms with Crippen molar-refractivity contribution in [3.8, 4) is 17.2 Å². The van der Waals surface area contributed by atoms with Crippen molar-refractivity contribution in [3.05, 3.63) is 54.1 Å². The molecule has 0 amide bonds. The van der Waals surface area contributed by atoms with E-state index < -0.39 is 11.7 Å². The van der Waals surface area contributed by atoms with Crippen molar-refractivity contribution >= 4 is 0 Å². The minimum atomic E-state index is -4.35. The molecule has 19 heavy (non-hydrogen) atoms. The van der Waals surface area contributed by atoms with Crippen LogP contribution in [0.1, 0.15) is 5.56 Å². The Morgan fingerprint density at radius 1 is 0.737 bits per heavy atom. The van der Waals surface area contributed by atoms with Gasteiger partial charge in [0.25, 0.3) is 0 Å². The minimum Gasteiger partial charge on any atom is -0.457 e. The molecule has 0 unspecified atom stereocenters. The molecule has 2 aromatic carbocycles. The molecule has 0 saturated heterocycles. The van der Waals surface area contributed by atoms with Gasteiger partial charge in [0.2, 0.25) is 0 Å². The quantitative estimate of drug-likeness (QED) is 0.863. The van der Waals surface area contributed by atoms with Crippen LogP contribution in [-0.2, 0) is 6.18 Å². The fraction of sp³-hybridized carbons (Fsp3) is 0.0769. The normalized spacial score (nSPS) is 11.2. The average Bonchev–Trinajstić information content (AvgIpc) is 2.39. The van der Waals surface area contributed by atoms with Crippen LogP contribution >= 0.6 is 0 Å². The van der Waals surface area contributed by atoms with E-state index in [9.17, 15) is 13.2 Å². The zero-order chi connectivity index (χ0) is 13.9. The first-order valence-electron chi connectivity index (χ1n) is 5.31. The lowest BCUT2D eigenvalue weighted by Crippen LogP contribution is -2.04. The summed E-state index contributed by atoms with van der Waals surface area (Å²) in [6, 6.07) is 10.8. The molecule has 0 atom stereocenters. The van der Waals surface area contributed by atoms with Crippen molar-refractivity contribution in [2.45, 2.75) is 6.18 Å². The van der Waals surface area contributed by atoms with Crippen LogP contribution in [-0.4, -0.2) is 0 Å². The molecule has 0 aliphatic heterocycles. The highest BCUT2D eigenvalue weighted by Crippen LogP contribution is 2.31. The standard InChI is InChI=1S/C13H10F3NO2/c14-13(15,16)9-1-3-10(4-2-9)18-11-5-7-12(19-17)8-6-11/h1-8H,17H2. The van der Waals surface area contributed by atoms with Gasteiger partial charge in [0.1, 0.15) is 17.2 Å². The Kier molecular flexibility index (Phi) is 3.62. The van der Waals surface area contributed by atoms with E-state index in [1.165, 1.54) is 12.1 Å². The number of benzene rings is 2. The van der Waals surface area contributed by atoms with E-state index in [-0.39, 0.29) is 0 Å². The largest absolute Gasteiger partial charge is 0.457 e. The third-order valence-electron chi connectivity index (χ3n) is 2.38. The number of ether oxygens (including phenoxy) is 1. The molecule has 0 radical (unpaired) electrons. The molecule has 3 nitrogen and oxygen atoms in total. The Bertz CT molecular complexity index is 535. The van der Waals surface area contributed by atoms with E-state index in [4.69, 9.17) is 10.6 Å². The molecule has 2 rings (SSSR count). The summed E-state index contributed by atoms with van der Waals surface area (Å²) < 4.78 is 42.5. The summed E-state index contributed by atoms with van der Waals surface area (Å²) in [6.45, 7) is 0. The number of alkyl halides is 3. The Morgan fingerprint density at radius 3 is 1.58 bits per heavy atom. The fourth-order valence-electron chi connectivity index (χ4n) is 1.43. The third kappa shape index (κ3) is 3.38. The van der Waals surface area contributed by atoms with Crippen molar-refractivity contribution in [2.24, 2.45) is 5.90 Å². The second-order valence-electron chi connectivity index (χ2n) is 3.71. The minimum absolute atomic E-state index is 0.314. The summed E-state index contributed by atoms with van der Waals surface area (Å²) in [5, 5.41) is 0. The molecule has 2 aromatic rings. The van der Waals surface area contributed by atoms with Crippen molar-refractivity contribution in [2.75, 3.05) is 0 Å². The number of nitrogens with two attached hydrogens (primary N) is 1. The van der Waals surface area contributed by atoms with E-state index in [0.717, 1.165) is 12.1 Å². The van der Waals surface area contributed by atoms with Gasteiger partial charge < -0.3 is 9.57 Å². The van der Waals surface area contributed by atoms with Crippen LogP contribution < -0.4 is 15.5 Å². The van der Waals surface area contributed by atoms with Crippen LogP contribution in [0.4, 0.5) is 13.2 Å². The van der Waals surface area contributed by atoms with Crippen LogP contribution in [0, 0.1) is 0 Å². The highest BCUT2D eigenvalue weighted by atomic mass is 19.4. The van der Waals surface area contributed by atoms with Gasteiger partial charge in [-0.05, 0) is 48.5 Å². The van der Waals surface area contributed by atoms with E-state index >= 15 is 0 Å². The van der Waals surface area contributed by atoms with E-state index in [1.54, 1.807) is 24.3 Å². The number of rotatable bonds is 3. The molecule has 0 aliphatic rings. The molecule has 0 bridgehead atoms. The lowest BCUT2D eigenvalue weighted by molar-refractivity contribution is -0.137. The second-order valence-corrected chi connectivity index (χ2v) is 3.71. The maximum atomic E-state index is 12.4. The van der Waals surface area contributed by atoms with Crippen LogP contribution in [0.5, 0.6) is 17.2 Å². The van der Waals surface area contributed by atoms with Crippen molar-refractivity contribution < 1.29 is 22.7 Å². The molecule has 0 fully saturated rings. The first-order chi connectivity index (χ1) is 8.99. The summed E-state index contributed by atoms with van der Waals surface area (Å²) in [4.78, 5) is 4.49. The molecular weight excluding hydrogens is 259 g/mol. The maximum Gasteiger partial charge on any atom is 0.416 e. The topological polar surface area (TPSA) is 44.5 Å². The van der Waals surface area contributed by atoms with Gasteiger partial charge in [-0.1, -0.05) is 0 Å². The molecule has 6 heteroatoms. The molecular formula is C13H10F3NO2. The Balaban J connectivity index is 2.10. The number of hydrogen-bond acceptors (Lipinski definition) is 3. The van der Waals surface area contributed by atoms with E-state index in [0.29, 0.717) is 17.2 Å². The predicted molar refractivity (Wildman–Crippen MR) is 62.8 cm³/mol. The number of halogens is 3. The van der Waals surface area contributed by atoms with Gasteiger partial charge in [-0.3, -0.25) is 0 Å². The highest BCUT2D eigenvalue weighted by Gasteiger charge is 2.30. The summed E-state index contributed by atoms with van der Waals surface area (Å²) in [7, 11) is 0. The van der Waals surface area contributed by atoms with Crippen molar-refractivity contribution in [1.29, 1.82) is 0 Å². The van der Waals surface area contributed by atoms with Gasteiger partial charge in [0, 0.05) is 0 Å². The zero-order valence-electron chi connectivity index (χ0n) is 9.65. The monoisotopic (exact) mass is 269 g/mol. The molecule has 0 spiro atoms. The molecule has 100 valence electrons. The Hall–Kier alpha value is -2.21. The SMILES string of the molecule is NOc1ccc(Oc2ccc(C(F)(F)F)cc2)cc1.